The number of benzene rings is 1. The van der Waals surface area contributed by atoms with Crippen LogP contribution < -0.4 is 10.1 Å². The van der Waals surface area contributed by atoms with Gasteiger partial charge in [-0.3, -0.25) is 4.90 Å². The Morgan fingerprint density at radius 3 is 2.53 bits per heavy atom. The molecular weight excluding hydrogens is 236 g/mol. The highest BCUT2D eigenvalue weighted by Gasteiger charge is 2.25. The molecular formula is C16H26N2O. The Balaban J connectivity index is 2.19. The van der Waals surface area contributed by atoms with E-state index in [1.165, 1.54) is 31.5 Å². The highest BCUT2D eigenvalue weighted by Crippen LogP contribution is 2.31. The number of hydrogen-bond donors (Lipinski definition) is 1. The van der Waals surface area contributed by atoms with Gasteiger partial charge in [-0.2, -0.15) is 0 Å². The summed E-state index contributed by atoms with van der Waals surface area (Å²) < 4.78 is 5.54. The van der Waals surface area contributed by atoms with Crippen molar-refractivity contribution in [2.24, 2.45) is 0 Å². The summed E-state index contributed by atoms with van der Waals surface area (Å²) in [6, 6.07) is 9.34. The maximum Gasteiger partial charge on any atom is 0.123 e. The van der Waals surface area contributed by atoms with Gasteiger partial charge in [0.05, 0.1) is 13.2 Å². The predicted molar refractivity (Wildman–Crippen MR) is 79.7 cm³/mol. The third kappa shape index (κ3) is 3.71. The molecule has 1 atom stereocenters. The minimum Gasteiger partial charge on any atom is -0.496 e. The van der Waals surface area contributed by atoms with Crippen LogP contribution in [0.1, 0.15) is 38.3 Å². The number of nitrogens with zero attached hydrogens (tertiary/aromatic N) is 1. The second-order valence-corrected chi connectivity index (χ2v) is 5.56. The van der Waals surface area contributed by atoms with E-state index in [1.807, 2.05) is 6.07 Å². The number of nitrogens with one attached hydrogen (secondary N) is 1. The fourth-order valence-corrected chi connectivity index (χ4v) is 2.78. The van der Waals surface area contributed by atoms with Crippen LogP contribution in [0.3, 0.4) is 0 Å². The molecule has 3 heteroatoms. The largest absolute Gasteiger partial charge is 0.496 e. The van der Waals surface area contributed by atoms with Gasteiger partial charge in [0, 0.05) is 18.2 Å². The monoisotopic (exact) mass is 262 g/mol. The van der Waals surface area contributed by atoms with Crippen LogP contribution in [0.15, 0.2) is 24.3 Å². The van der Waals surface area contributed by atoms with E-state index in [0.717, 1.165) is 12.3 Å². The molecule has 1 aliphatic heterocycles. The smallest absolute Gasteiger partial charge is 0.123 e. The third-order valence-corrected chi connectivity index (χ3v) is 3.80. The van der Waals surface area contributed by atoms with E-state index in [9.17, 15) is 0 Å². The number of ether oxygens (including phenoxy) is 1. The van der Waals surface area contributed by atoms with Gasteiger partial charge >= 0.3 is 0 Å². The molecule has 2 rings (SSSR count). The number of rotatable bonds is 6. The summed E-state index contributed by atoms with van der Waals surface area (Å²) in [5, 5.41) is 3.58. The minimum absolute atomic E-state index is 0.418. The van der Waals surface area contributed by atoms with Crippen molar-refractivity contribution in [3.63, 3.8) is 0 Å². The molecule has 19 heavy (non-hydrogen) atoms. The number of likely N-dealkylation sites (tertiary alicyclic amines) is 1. The molecule has 0 radical (unpaired) electrons. The molecule has 1 N–H and O–H groups in total. The van der Waals surface area contributed by atoms with Crippen LogP contribution >= 0.6 is 0 Å². The van der Waals surface area contributed by atoms with E-state index in [0.29, 0.717) is 12.1 Å². The van der Waals surface area contributed by atoms with Crippen molar-refractivity contribution in [2.45, 2.75) is 38.8 Å². The average Bonchev–Trinajstić information content (AvgIpc) is 2.93. The third-order valence-electron chi connectivity index (χ3n) is 3.80. The second-order valence-electron chi connectivity index (χ2n) is 5.56. The Bertz CT molecular complexity index is 386. The summed E-state index contributed by atoms with van der Waals surface area (Å²) in [7, 11) is 1.76. The lowest BCUT2D eigenvalue weighted by Crippen LogP contribution is -2.36. The summed E-state index contributed by atoms with van der Waals surface area (Å²) in [5.41, 5.74) is 1.31. The fourth-order valence-electron chi connectivity index (χ4n) is 2.78. The molecule has 1 unspecified atom stereocenters. The van der Waals surface area contributed by atoms with Crippen LogP contribution in [0.2, 0.25) is 0 Å². The van der Waals surface area contributed by atoms with Crippen LogP contribution in [0, 0.1) is 0 Å². The number of methoxy groups -OCH3 is 1. The highest BCUT2D eigenvalue weighted by molar-refractivity contribution is 5.36. The summed E-state index contributed by atoms with van der Waals surface area (Å²) in [4.78, 5) is 2.58. The van der Waals surface area contributed by atoms with Gasteiger partial charge in [-0.05, 0) is 32.0 Å². The predicted octanol–water partition coefficient (Wildman–Crippen LogP) is 2.83. The molecule has 1 fully saturated rings. The lowest BCUT2D eigenvalue weighted by molar-refractivity contribution is 0.229. The first-order valence-corrected chi connectivity index (χ1v) is 7.32. The molecule has 0 spiro atoms. The molecule has 0 amide bonds. The van der Waals surface area contributed by atoms with Crippen molar-refractivity contribution < 1.29 is 4.74 Å². The number of hydrogen-bond acceptors (Lipinski definition) is 3. The Morgan fingerprint density at radius 1 is 1.21 bits per heavy atom. The second kappa shape index (κ2) is 6.92. The van der Waals surface area contributed by atoms with Gasteiger partial charge in [-0.1, -0.05) is 32.0 Å². The minimum atomic E-state index is 0.418. The van der Waals surface area contributed by atoms with Crippen molar-refractivity contribution >= 4 is 0 Å². The summed E-state index contributed by atoms with van der Waals surface area (Å²) in [6.07, 6.45) is 2.63. The van der Waals surface area contributed by atoms with E-state index in [2.05, 4.69) is 42.3 Å². The van der Waals surface area contributed by atoms with Gasteiger partial charge in [-0.25, -0.2) is 0 Å². The van der Waals surface area contributed by atoms with Crippen molar-refractivity contribution in [3.8, 4) is 5.75 Å². The van der Waals surface area contributed by atoms with Crippen molar-refractivity contribution in [1.29, 1.82) is 0 Å². The van der Waals surface area contributed by atoms with Gasteiger partial charge in [0.2, 0.25) is 0 Å². The van der Waals surface area contributed by atoms with E-state index in [1.54, 1.807) is 7.11 Å². The number of para-hydroxylation sites is 1. The van der Waals surface area contributed by atoms with Gasteiger partial charge < -0.3 is 10.1 Å². The summed E-state index contributed by atoms with van der Waals surface area (Å²) in [6.45, 7) is 7.77. The highest BCUT2D eigenvalue weighted by atomic mass is 16.5. The molecule has 0 saturated carbocycles. The van der Waals surface area contributed by atoms with Crippen LogP contribution in [0.5, 0.6) is 5.75 Å². The molecule has 1 heterocycles. The summed E-state index contributed by atoms with van der Waals surface area (Å²) >= 11 is 0. The van der Waals surface area contributed by atoms with Crippen molar-refractivity contribution in [2.75, 3.05) is 26.7 Å². The Labute approximate surface area is 116 Å². The van der Waals surface area contributed by atoms with Gasteiger partial charge in [0.25, 0.3) is 0 Å². The first-order valence-electron chi connectivity index (χ1n) is 7.32. The quantitative estimate of drug-likeness (QED) is 0.853. The zero-order valence-electron chi connectivity index (χ0n) is 12.4. The van der Waals surface area contributed by atoms with Crippen LogP contribution in [-0.2, 0) is 0 Å². The Hall–Kier alpha value is -1.06. The molecule has 1 saturated heterocycles. The van der Waals surface area contributed by atoms with Gasteiger partial charge in [0.15, 0.2) is 0 Å². The maximum absolute atomic E-state index is 5.54. The molecule has 0 aliphatic carbocycles. The van der Waals surface area contributed by atoms with E-state index in [-0.39, 0.29) is 0 Å². The lowest BCUT2D eigenvalue weighted by atomic mass is 10.0. The average molecular weight is 262 g/mol. The lowest BCUT2D eigenvalue weighted by Gasteiger charge is -2.30. The van der Waals surface area contributed by atoms with Gasteiger partial charge in [-0.15, -0.1) is 0 Å². The van der Waals surface area contributed by atoms with E-state index < -0.39 is 0 Å². The van der Waals surface area contributed by atoms with Crippen LogP contribution in [-0.4, -0.2) is 37.7 Å². The molecule has 1 aromatic rings. The maximum atomic E-state index is 5.54. The van der Waals surface area contributed by atoms with Gasteiger partial charge in [0.1, 0.15) is 5.75 Å². The SMILES string of the molecule is COc1ccccc1C(CNC(C)C)N1CCCC1. The molecule has 106 valence electrons. The zero-order valence-corrected chi connectivity index (χ0v) is 12.4. The van der Waals surface area contributed by atoms with Crippen molar-refractivity contribution in [3.05, 3.63) is 29.8 Å². The van der Waals surface area contributed by atoms with Crippen LogP contribution in [0.25, 0.3) is 0 Å². The normalized spacial score (nSPS) is 17.9. The first kappa shape index (κ1) is 14.4. The van der Waals surface area contributed by atoms with Crippen LogP contribution in [0.4, 0.5) is 0 Å². The standard InChI is InChI=1S/C16H26N2O/c1-13(2)17-12-15(18-10-6-7-11-18)14-8-4-5-9-16(14)19-3/h4-5,8-9,13,15,17H,6-7,10-12H2,1-3H3. The molecule has 3 nitrogen and oxygen atoms in total. The zero-order chi connectivity index (χ0) is 13.7. The topological polar surface area (TPSA) is 24.5 Å². The fraction of sp³-hybridized carbons (Fsp3) is 0.625. The first-order chi connectivity index (χ1) is 9.22. The molecule has 1 aliphatic rings. The molecule has 1 aromatic carbocycles. The summed E-state index contributed by atoms with van der Waals surface area (Å²) in [5.74, 6) is 1.00. The molecule has 0 aromatic heterocycles. The van der Waals surface area contributed by atoms with Crippen molar-refractivity contribution in [1.82, 2.24) is 10.2 Å². The van der Waals surface area contributed by atoms with E-state index >= 15 is 0 Å². The Kier molecular flexibility index (Phi) is 5.23. The van der Waals surface area contributed by atoms with E-state index in [4.69, 9.17) is 4.74 Å². The Morgan fingerprint density at radius 2 is 1.89 bits per heavy atom. The molecule has 0 bridgehead atoms.